The summed E-state index contributed by atoms with van der Waals surface area (Å²) in [6, 6.07) is 7.60. The van der Waals surface area contributed by atoms with E-state index in [4.69, 9.17) is 14.5 Å². The van der Waals surface area contributed by atoms with Crippen molar-refractivity contribution in [3.8, 4) is 5.75 Å². The molecule has 2 saturated carbocycles. The molecule has 1 spiro atoms. The minimum atomic E-state index is -0.670. The molecule has 0 radical (unpaired) electrons. The number of fused-ring (bicyclic) bond motifs is 5. The van der Waals surface area contributed by atoms with Crippen LogP contribution in [-0.4, -0.2) is 23.1 Å². The van der Waals surface area contributed by atoms with Crippen molar-refractivity contribution >= 4 is 0 Å². The molecule has 5 rings (SSSR count). The third-order valence-electron chi connectivity index (χ3n) is 6.45. The molecule has 0 aromatic heterocycles. The Morgan fingerprint density at radius 3 is 2.58 bits per heavy atom. The van der Waals surface area contributed by atoms with Crippen molar-refractivity contribution in [1.82, 2.24) is 0 Å². The van der Waals surface area contributed by atoms with E-state index in [0.29, 0.717) is 11.7 Å². The minimum Gasteiger partial charge on any atom is -0.508 e. The summed E-state index contributed by atoms with van der Waals surface area (Å²) in [5.41, 5.74) is 1.16. The van der Waals surface area contributed by atoms with Gasteiger partial charge >= 0.3 is 0 Å². The minimum absolute atomic E-state index is 0.107. The highest BCUT2D eigenvalue weighted by Gasteiger charge is 2.44. The Kier molecular flexibility index (Phi) is 5.27. The monoisotopic (exact) mass is 360 g/mol. The summed E-state index contributed by atoms with van der Waals surface area (Å²) in [7, 11) is 0. The zero-order valence-corrected chi connectivity index (χ0v) is 16.0. The molecule has 4 fully saturated rings. The molecule has 2 bridgehead atoms. The lowest BCUT2D eigenvalue weighted by Crippen LogP contribution is -2.43. The van der Waals surface area contributed by atoms with Gasteiger partial charge in [0.2, 0.25) is 5.79 Å². The maximum absolute atomic E-state index is 9.85. The van der Waals surface area contributed by atoms with Crippen LogP contribution >= 0.6 is 0 Å². The fraction of sp³-hybridized carbons (Fsp3) is 0.727. The lowest BCUT2D eigenvalue weighted by Gasteiger charge is -2.41. The molecule has 4 atom stereocenters. The van der Waals surface area contributed by atoms with Crippen LogP contribution in [0.1, 0.15) is 76.7 Å². The molecule has 4 nitrogen and oxygen atoms in total. The molecule has 4 heteroatoms. The van der Waals surface area contributed by atoms with E-state index in [-0.39, 0.29) is 12.2 Å². The normalized spacial score (nSPS) is 41.2. The van der Waals surface area contributed by atoms with E-state index < -0.39 is 5.79 Å². The number of ether oxygens (including phenoxy) is 1. The lowest BCUT2D eigenvalue weighted by molar-refractivity contribution is -0.456. The maximum Gasteiger partial charge on any atom is 0.202 e. The Hall–Kier alpha value is -1.10. The molecule has 0 amide bonds. The highest BCUT2D eigenvalue weighted by atomic mass is 17.2. The van der Waals surface area contributed by atoms with Gasteiger partial charge in [0.15, 0.2) is 0 Å². The van der Waals surface area contributed by atoms with Crippen LogP contribution in [0.3, 0.4) is 0 Å². The Labute approximate surface area is 156 Å². The number of hydrogen-bond acceptors (Lipinski definition) is 4. The van der Waals surface area contributed by atoms with Gasteiger partial charge in [-0.15, -0.1) is 0 Å². The first-order valence-corrected chi connectivity index (χ1v) is 10.3. The molecule has 2 aliphatic carbocycles. The Morgan fingerprint density at radius 2 is 1.81 bits per heavy atom. The van der Waals surface area contributed by atoms with Gasteiger partial charge < -0.3 is 9.84 Å². The van der Waals surface area contributed by atoms with Crippen molar-refractivity contribution in [2.24, 2.45) is 11.8 Å². The largest absolute Gasteiger partial charge is 0.508 e. The van der Waals surface area contributed by atoms with Crippen LogP contribution in [0.15, 0.2) is 24.3 Å². The van der Waals surface area contributed by atoms with E-state index >= 15 is 0 Å². The summed E-state index contributed by atoms with van der Waals surface area (Å²) in [4.78, 5) is 11.9. The molecule has 1 aromatic rings. The molecule has 3 unspecified atom stereocenters. The summed E-state index contributed by atoms with van der Waals surface area (Å²) in [6.07, 6.45) is 8.87. The lowest BCUT2D eigenvalue weighted by atomic mass is 9.70. The second kappa shape index (κ2) is 7.49. The van der Waals surface area contributed by atoms with Gasteiger partial charge in [-0.25, -0.2) is 9.78 Å². The smallest absolute Gasteiger partial charge is 0.202 e. The third-order valence-corrected chi connectivity index (χ3v) is 6.45. The van der Waals surface area contributed by atoms with E-state index in [1.807, 2.05) is 12.1 Å². The van der Waals surface area contributed by atoms with Crippen LogP contribution < -0.4 is 0 Å². The molecule has 4 aliphatic rings. The fourth-order valence-electron chi connectivity index (χ4n) is 5.28. The zero-order valence-electron chi connectivity index (χ0n) is 16.0. The van der Waals surface area contributed by atoms with E-state index in [9.17, 15) is 5.11 Å². The van der Waals surface area contributed by atoms with Crippen molar-refractivity contribution < 1.29 is 19.6 Å². The Bertz CT molecular complexity index is 612. The molecule has 2 aliphatic heterocycles. The van der Waals surface area contributed by atoms with E-state index in [1.165, 1.54) is 12.8 Å². The predicted octanol–water partition coefficient (Wildman–Crippen LogP) is 5.31. The number of hydrogen-bond donors (Lipinski definition) is 1. The molecule has 1 N–H and O–H groups in total. The van der Waals surface area contributed by atoms with Gasteiger partial charge in [-0.2, -0.15) is 0 Å². The van der Waals surface area contributed by atoms with E-state index in [1.54, 1.807) is 6.07 Å². The third kappa shape index (κ3) is 4.08. The Balaban J connectivity index is 1.52. The fourth-order valence-corrected chi connectivity index (χ4v) is 5.28. The molecule has 2 saturated heterocycles. The maximum atomic E-state index is 9.85. The quantitative estimate of drug-likeness (QED) is 0.690. The Morgan fingerprint density at radius 1 is 1.04 bits per heavy atom. The first kappa shape index (κ1) is 18.3. The van der Waals surface area contributed by atoms with Gasteiger partial charge in [0, 0.05) is 12.8 Å². The van der Waals surface area contributed by atoms with Gasteiger partial charge in [0.1, 0.15) is 5.75 Å². The van der Waals surface area contributed by atoms with Gasteiger partial charge in [0.05, 0.1) is 12.2 Å². The summed E-state index contributed by atoms with van der Waals surface area (Å²) < 4.78 is 6.53. The van der Waals surface area contributed by atoms with Gasteiger partial charge in [0.25, 0.3) is 0 Å². The first-order chi connectivity index (χ1) is 12.5. The average molecular weight is 360 g/mol. The second-order valence-electron chi connectivity index (χ2n) is 8.89. The van der Waals surface area contributed by atoms with Crippen LogP contribution in [0.25, 0.3) is 0 Å². The van der Waals surface area contributed by atoms with Crippen molar-refractivity contribution in [2.75, 3.05) is 0 Å². The van der Waals surface area contributed by atoms with Crippen LogP contribution in [0.4, 0.5) is 0 Å². The van der Waals surface area contributed by atoms with Crippen molar-refractivity contribution in [2.45, 2.75) is 89.1 Å². The molecule has 26 heavy (non-hydrogen) atoms. The molecule has 2 heterocycles. The van der Waals surface area contributed by atoms with Gasteiger partial charge in [-0.05, 0) is 87.8 Å². The highest BCUT2D eigenvalue weighted by Crippen LogP contribution is 2.46. The van der Waals surface area contributed by atoms with E-state index in [0.717, 1.165) is 55.9 Å². The standard InChI is InChI=1S/C22H32O4/c1-15-9-17-11-18(12-17)10-16(2)25-26-22(24-15)8-4-6-20(14-22)19-5-3-7-21(23)13-19/h3,5,7,13,15-18,20,23H,4,6,8-12,14H2,1-2H3/t15?,16?,17?,18?,20?,22-/m1/s1. The average Bonchev–Trinajstić information content (AvgIpc) is 2.61. The number of phenols is 1. The summed E-state index contributed by atoms with van der Waals surface area (Å²) in [5, 5.41) is 9.85. The summed E-state index contributed by atoms with van der Waals surface area (Å²) in [5.74, 6) is 1.55. The van der Waals surface area contributed by atoms with Crippen molar-refractivity contribution in [1.29, 1.82) is 0 Å². The second-order valence-corrected chi connectivity index (χ2v) is 8.89. The number of phenolic OH excluding ortho intramolecular Hbond substituents is 1. The number of aromatic hydroxyl groups is 1. The van der Waals surface area contributed by atoms with Gasteiger partial charge in [-0.1, -0.05) is 12.1 Å². The topological polar surface area (TPSA) is 47.9 Å². The van der Waals surface area contributed by atoms with Crippen LogP contribution in [0.5, 0.6) is 5.75 Å². The number of benzene rings is 1. The molecular weight excluding hydrogens is 328 g/mol. The molecule has 1 aromatic carbocycles. The van der Waals surface area contributed by atoms with Crippen molar-refractivity contribution in [3.05, 3.63) is 29.8 Å². The van der Waals surface area contributed by atoms with Crippen LogP contribution in [0, 0.1) is 11.8 Å². The summed E-state index contributed by atoms with van der Waals surface area (Å²) >= 11 is 0. The molecule has 144 valence electrons. The zero-order chi connectivity index (χ0) is 18.1. The summed E-state index contributed by atoms with van der Waals surface area (Å²) in [6.45, 7) is 4.29. The SMILES string of the molecule is CC1CC2CC(C2)CC(C)O[C@]2(CCCC(c3cccc(O)c3)C2)OO1. The van der Waals surface area contributed by atoms with Gasteiger partial charge in [-0.3, -0.25) is 0 Å². The molecular formula is C22H32O4. The van der Waals surface area contributed by atoms with Crippen LogP contribution in [-0.2, 0) is 14.5 Å². The van der Waals surface area contributed by atoms with Crippen LogP contribution in [0.2, 0.25) is 0 Å². The van der Waals surface area contributed by atoms with E-state index in [2.05, 4.69) is 19.9 Å². The first-order valence-electron chi connectivity index (χ1n) is 10.3. The highest BCUT2D eigenvalue weighted by molar-refractivity contribution is 5.30. The predicted molar refractivity (Wildman–Crippen MR) is 99.7 cm³/mol. The number of rotatable bonds is 1. The van der Waals surface area contributed by atoms with Crippen molar-refractivity contribution in [3.63, 3.8) is 0 Å².